The zero-order valence-corrected chi connectivity index (χ0v) is 15.2. The zero-order valence-electron chi connectivity index (χ0n) is 15.2. The summed E-state index contributed by atoms with van der Waals surface area (Å²) in [6.07, 6.45) is 0.817. The van der Waals surface area contributed by atoms with Crippen LogP contribution in [0.15, 0.2) is 54.6 Å². The zero-order chi connectivity index (χ0) is 19.1. The molecule has 142 valence electrons. The SMILES string of the molecule is O=C(CN1CCN(c2ccccc2[N+](=O)[O-])CC1)NCCc1ccccc1. The minimum absolute atomic E-state index is 0.0186. The van der Waals surface area contributed by atoms with Gasteiger partial charge in [0.15, 0.2) is 0 Å². The van der Waals surface area contributed by atoms with Gasteiger partial charge in [-0.25, -0.2) is 0 Å². The van der Waals surface area contributed by atoms with Gasteiger partial charge in [-0.15, -0.1) is 0 Å². The molecule has 0 atom stereocenters. The first-order valence-corrected chi connectivity index (χ1v) is 9.15. The Hall–Kier alpha value is -2.93. The number of piperazine rings is 1. The van der Waals surface area contributed by atoms with Gasteiger partial charge >= 0.3 is 0 Å². The number of amides is 1. The summed E-state index contributed by atoms with van der Waals surface area (Å²) in [5.41, 5.74) is 1.98. The Bertz CT molecular complexity index is 774. The van der Waals surface area contributed by atoms with Crippen molar-refractivity contribution in [2.24, 2.45) is 0 Å². The van der Waals surface area contributed by atoms with Gasteiger partial charge in [0.2, 0.25) is 5.91 Å². The van der Waals surface area contributed by atoms with Crippen LogP contribution in [0.1, 0.15) is 5.56 Å². The highest BCUT2D eigenvalue weighted by atomic mass is 16.6. The molecule has 1 heterocycles. The van der Waals surface area contributed by atoms with Crippen molar-refractivity contribution in [3.63, 3.8) is 0 Å². The maximum atomic E-state index is 12.1. The number of carbonyl (C=O) groups excluding carboxylic acids is 1. The molecule has 0 radical (unpaired) electrons. The van der Waals surface area contributed by atoms with Crippen molar-refractivity contribution in [3.8, 4) is 0 Å². The van der Waals surface area contributed by atoms with Gasteiger partial charge in [-0.2, -0.15) is 0 Å². The summed E-state index contributed by atoms with van der Waals surface area (Å²) in [4.78, 5) is 27.1. The Morgan fingerprint density at radius 3 is 2.37 bits per heavy atom. The van der Waals surface area contributed by atoms with E-state index in [-0.39, 0.29) is 16.5 Å². The Morgan fingerprint density at radius 1 is 1.00 bits per heavy atom. The molecule has 0 bridgehead atoms. The monoisotopic (exact) mass is 368 g/mol. The van der Waals surface area contributed by atoms with Crippen molar-refractivity contribution >= 4 is 17.3 Å². The maximum Gasteiger partial charge on any atom is 0.292 e. The second kappa shape index (κ2) is 9.14. The number of carbonyl (C=O) groups is 1. The normalized spacial score (nSPS) is 14.7. The molecule has 2 aromatic rings. The van der Waals surface area contributed by atoms with Crippen LogP contribution in [-0.2, 0) is 11.2 Å². The fraction of sp³-hybridized carbons (Fsp3) is 0.350. The van der Waals surface area contributed by atoms with E-state index in [2.05, 4.69) is 10.2 Å². The van der Waals surface area contributed by atoms with Crippen molar-refractivity contribution in [2.45, 2.75) is 6.42 Å². The third-order valence-corrected chi connectivity index (χ3v) is 4.74. The number of nitro groups is 1. The van der Waals surface area contributed by atoms with E-state index in [1.54, 1.807) is 12.1 Å². The molecule has 0 unspecified atom stereocenters. The number of hydrogen-bond donors (Lipinski definition) is 1. The number of nitrogens with zero attached hydrogens (tertiary/aromatic N) is 3. The van der Waals surface area contributed by atoms with Crippen LogP contribution in [-0.4, -0.2) is 55.0 Å². The standard InChI is InChI=1S/C20H24N4O3/c25-20(21-11-10-17-6-2-1-3-7-17)16-22-12-14-23(15-13-22)18-8-4-5-9-19(18)24(26)27/h1-9H,10-16H2,(H,21,25). The Balaban J connectivity index is 1.43. The first-order valence-electron chi connectivity index (χ1n) is 9.15. The van der Waals surface area contributed by atoms with E-state index in [0.29, 0.717) is 45.0 Å². The summed E-state index contributed by atoms with van der Waals surface area (Å²) < 4.78 is 0. The lowest BCUT2D eigenvalue weighted by molar-refractivity contribution is -0.384. The van der Waals surface area contributed by atoms with Crippen LogP contribution >= 0.6 is 0 Å². The second-order valence-electron chi connectivity index (χ2n) is 6.59. The van der Waals surface area contributed by atoms with E-state index in [0.717, 1.165) is 6.42 Å². The van der Waals surface area contributed by atoms with Crippen LogP contribution in [0.25, 0.3) is 0 Å². The third-order valence-electron chi connectivity index (χ3n) is 4.74. The molecule has 0 aromatic heterocycles. The van der Waals surface area contributed by atoms with E-state index in [1.165, 1.54) is 11.6 Å². The molecular formula is C20H24N4O3. The minimum atomic E-state index is -0.345. The fourth-order valence-electron chi connectivity index (χ4n) is 3.28. The Kier molecular flexibility index (Phi) is 6.38. The highest BCUT2D eigenvalue weighted by Gasteiger charge is 2.23. The quantitative estimate of drug-likeness (QED) is 0.598. The molecule has 1 amide bonds. The average Bonchev–Trinajstić information content (AvgIpc) is 2.69. The van der Waals surface area contributed by atoms with E-state index in [1.807, 2.05) is 41.3 Å². The number of nitro benzene ring substituents is 1. The van der Waals surface area contributed by atoms with E-state index < -0.39 is 0 Å². The number of nitrogens with one attached hydrogen (secondary N) is 1. The lowest BCUT2D eigenvalue weighted by atomic mass is 10.1. The lowest BCUT2D eigenvalue weighted by Gasteiger charge is -2.35. The van der Waals surface area contributed by atoms with Crippen LogP contribution in [0.5, 0.6) is 0 Å². The summed E-state index contributed by atoms with van der Waals surface area (Å²) >= 11 is 0. The van der Waals surface area contributed by atoms with Gasteiger partial charge < -0.3 is 10.2 Å². The van der Waals surface area contributed by atoms with Crippen molar-refractivity contribution in [3.05, 3.63) is 70.3 Å². The fourth-order valence-corrected chi connectivity index (χ4v) is 3.28. The van der Waals surface area contributed by atoms with Gasteiger partial charge in [-0.3, -0.25) is 19.8 Å². The first-order chi connectivity index (χ1) is 13.1. The molecule has 7 nitrogen and oxygen atoms in total. The first kappa shape index (κ1) is 18.8. The van der Waals surface area contributed by atoms with Crippen LogP contribution in [0.2, 0.25) is 0 Å². The van der Waals surface area contributed by atoms with E-state index in [9.17, 15) is 14.9 Å². The second-order valence-corrected chi connectivity index (χ2v) is 6.59. The minimum Gasteiger partial charge on any atom is -0.363 e. The van der Waals surface area contributed by atoms with Crippen molar-refractivity contribution in [2.75, 3.05) is 44.2 Å². The summed E-state index contributed by atoms with van der Waals surface area (Å²) in [6.45, 7) is 3.74. The molecule has 3 rings (SSSR count). The highest BCUT2D eigenvalue weighted by molar-refractivity contribution is 5.78. The van der Waals surface area contributed by atoms with Crippen LogP contribution in [0, 0.1) is 10.1 Å². The van der Waals surface area contributed by atoms with Crippen molar-refractivity contribution < 1.29 is 9.72 Å². The van der Waals surface area contributed by atoms with Crippen LogP contribution in [0.3, 0.4) is 0 Å². The molecule has 1 saturated heterocycles. The summed E-state index contributed by atoms with van der Waals surface area (Å²) in [5, 5.41) is 14.2. The molecule has 0 spiro atoms. The average molecular weight is 368 g/mol. The van der Waals surface area contributed by atoms with Gasteiger partial charge in [-0.1, -0.05) is 42.5 Å². The highest BCUT2D eigenvalue weighted by Crippen LogP contribution is 2.28. The predicted molar refractivity (Wildman–Crippen MR) is 105 cm³/mol. The number of para-hydroxylation sites is 2. The largest absolute Gasteiger partial charge is 0.363 e. The van der Waals surface area contributed by atoms with Gasteiger partial charge in [0.25, 0.3) is 5.69 Å². The topological polar surface area (TPSA) is 78.7 Å². The number of anilines is 1. The summed E-state index contributed by atoms with van der Waals surface area (Å²) in [7, 11) is 0. The third kappa shape index (κ3) is 5.27. The van der Waals surface area contributed by atoms with Gasteiger partial charge in [0.05, 0.1) is 11.5 Å². The summed E-state index contributed by atoms with van der Waals surface area (Å²) in [5.74, 6) is 0.0186. The molecule has 2 aromatic carbocycles. The molecule has 0 saturated carbocycles. The maximum absolute atomic E-state index is 12.1. The smallest absolute Gasteiger partial charge is 0.292 e. The van der Waals surface area contributed by atoms with Crippen molar-refractivity contribution in [1.29, 1.82) is 0 Å². The lowest BCUT2D eigenvalue weighted by Crippen LogP contribution is -2.49. The van der Waals surface area contributed by atoms with Crippen molar-refractivity contribution in [1.82, 2.24) is 10.2 Å². The number of benzene rings is 2. The molecule has 0 aliphatic carbocycles. The van der Waals surface area contributed by atoms with Gasteiger partial charge in [-0.05, 0) is 18.1 Å². The molecule has 1 N–H and O–H groups in total. The molecule has 1 aliphatic heterocycles. The van der Waals surface area contributed by atoms with Gasteiger partial charge in [0, 0.05) is 38.8 Å². The Morgan fingerprint density at radius 2 is 1.67 bits per heavy atom. The number of rotatable bonds is 7. The molecule has 27 heavy (non-hydrogen) atoms. The van der Waals surface area contributed by atoms with E-state index >= 15 is 0 Å². The molecular weight excluding hydrogens is 344 g/mol. The van der Waals surface area contributed by atoms with Crippen LogP contribution in [0.4, 0.5) is 11.4 Å². The molecule has 7 heteroatoms. The molecule has 1 fully saturated rings. The van der Waals surface area contributed by atoms with E-state index in [4.69, 9.17) is 0 Å². The van der Waals surface area contributed by atoms with Crippen LogP contribution < -0.4 is 10.2 Å². The number of hydrogen-bond acceptors (Lipinski definition) is 5. The van der Waals surface area contributed by atoms with Gasteiger partial charge in [0.1, 0.15) is 5.69 Å². The predicted octanol–water partition coefficient (Wildman–Crippen LogP) is 2.08. The molecule has 1 aliphatic rings. The Labute approximate surface area is 158 Å². The summed E-state index contributed by atoms with van der Waals surface area (Å²) in [6, 6.07) is 16.9.